The van der Waals surface area contributed by atoms with Crippen LogP contribution >= 0.6 is 0 Å². The minimum absolute atomic E-state index is 0.162. The minimum atomic E-state index is -4.47. The summed E-state index contributed by atoms with van der Waals surface area (Å²) < 4.78 is 74.5. The van der Waals surface area contributed by atoms with E-state index in [-0.39, 0.29) is 5.69 Å². The molecule has 0 radical (unpaired) electrons. The van der Waals surface area contributed by atoms with Crippen LogP contribution in [0.15, 0.2) is 54.6 Å². The Labute approximate surface area is 138 Å². The maximum Gasteiger partial charge on any atom is 0.416 e. The number of nitrogens with one attached hydrogen (secondary N) is 1. The highest BCUT2D eigenvalue weighted by Gasteiger charge is 2.30. The standard InChI is InChI=1S/C17H11F6NO/c18-16(19,20)12-4-1-11(2-5-12)3-10-15(25)24-14-8-6-13(7-9-14)17(21,22)23/h1-10H,(H,24,25)/b10-3+. The van der Waals surface area contributed by atoms with Crippen molar-refractivity contribution < 1.29 is 31.1 Å². The van der Waals surface area contributed by atoms with Gasteiger partial charge in [0.05, 0.1) is 11.1 Å². The maximum atomic E-state index is 12.4. The SMILES string of the molecule is O=C(/C=C/c1ccc(C(F)(F)F)cc1)Nc1ccc(C(F)(F)F)cc1. The van der Waals surface area contributed by atoms with Crippen molar-refractivity contribution >= 4 is 17.7 Å². The van der Waals surface area contributed by atoms with Crippen molar-refractivity contribution in [2.24, 2.45) is 0 Å². The Balaban J connectivity index is 1.99. The largest absolute Gasteiger partial charge is 0.416 e. The van der Waals surface area contributed by atoms with Crippen LogP contribution in [0.3, 0.4) is 0 Å². The first-order valence-electron chi connectivity index (χ1n) is 6.89. The van der Waals surface area contributed by atoms with Gasteiger partial charge in [0, 0.05) is 11.8 Å². The molecule has 0 heterocycles. The molecule has 0 aliphatic carbocycles. The summed E-state index contributed by atoms with van der Waals surface area (Å²) in [5.74, 6) is -0.625. The molecule has 25 heavy (non-hydrogen) atoms. The molecule has 8 heteroatoms. The van der Waals surface area contributed by atoms with Crippen LogP contribution in [-0.2, 0) is 17.1 Å². The summed E-state index contributed by atoms with van der Waals surface area (Å²) in [5, 5.41) is 2.35. The Morgan fingerprint density at radius 3 is 1.64 bits per heavy atom. The third-order valence-electron chi connectivity index (χ3n) is 3.14. The summed E-state index contributed by atoms with van der Waals surface area (Å²) in [4.78, 5) is 11.7. The molecule has 0 saturated heterocycles. The van der Waals surface area contributed by atoms with E-state index in [1.54, 1.807) is 0 Å². The van der Waals surface area contributed by atoms with Gasteiger partial charge in [-0.2, -0.15) is 26.3 Å². The summed E-state index contributed by atoms with van der Waals surface area (Å²) in [7, 11) is 0. The van der Waals surface area contributed by atoms with E-state index in [0.29, 0.717) is 5.56 Å². The number of carbonyl (C=O) groups is 1. The molecule has 0 aliphatic heterocycles. The monoisotopic (exact) mass is 359 g/mol. The number of hydrogen-bond donors (Lipinski definition) is 1. The first kappa shape index (κ1) is 18.6. The molecule has 0 unspecified atom stereocenters. The molecule has 0 aromatic heterocycles. The molecule has 2 rings (SSSR count). The molecule has 2 nitrogen and oxygen atoms in total. The average Bonchev–Trinajstić information content (AvgIpc) is 2.52. The Hall–Kier alpha value is -2.77. The lowest BCUT2D eigenvalue weighted by Crippen LogP contribution is -2.09. The van der Waals surface area contributed by atoms with Crippen molar-refractivity contribution in [3.8, 4) is 0 Å². The van der Waals surface area contributed by atoms with E-state index >= 15 is 0 Å². The van der Waals surface area contributed by atoms with Gasteiger partial charge in [0.2, 0.25) is 5.91 Å². The Morgan fingerprint density at radius 1 is 0.760 bits per heavy atom. The molecule has 2 aromatic rings. The molecule has 2 aromatic carbocycles. The number of hydrogen-bond acceptors (Lipinski definition) is 1. The second-order valence-electron chi connectivity index (χ2n) is 5.02. The molecule has 0 fully saturated rings. The molecule has 0 atom stereocenters. The smallest absolute Gasteiger partial charge is 0.323 e. The lowest BCUT2D eigenvalue weighted by Gasteiger charge is -2.08. The van der Waals surface area contributed by atoms with Crippen LogP contribution in [-0.4, -0.2) is 5.91 Å². The highest BCUT2D eigenvalue weighted by molar-refractivity contribution is 6.01. The van der Waals surface area contributed by atoms with Crippen molar-refractivity contribution in [3.05, 3.63) is 71.3 Å². The molecular weight excluding hydrogens is 348 g/mol. The number of carbonyl (C=O) groups excluding carboxylic acids is 1. The lowest BCUT2D eigenvalue weighted by atomic mass is 10.1. The third kappa shape index (κ3) is 5.37. The number of benzene rings is 2. The number of halogens is 6. The van der Waals surface area contributed by atoms with E-state index in [9.17, 15) is 31.1 Å². The Kier molecular flexibility index (Phi) is 5.20. The summed E-state index contributed by atoms with van der Waals surface area (Å²) >= 11 is 0. The van der Waals surface area contributed by atoms with Gasteiger partial charge in [-0.1, -0.05) is 12.1 Å². The van der Waals surface area contributed by atoms with Crippen LogP contribution in [0.4, 0.5) is 32.0 Å². The van der Waals surface area contributed by atoms with Crippen LogP contribution in [0, 0.1) is 0 Å². The highest BCUT2D eigenvalue weighted by Crippen LogP contribution is 2.30. The fourth-order valence-corrected chi connectivity index (χ4v) is 1.88. The quantitative estimate of drug-likeness (QED) is 0.579. The number of amides is 1. The molecule has 0 saturated carbocycles. The van der Waals surface area contributed by atoms with Crippen LogP contribution in [0.5, 0.6) is 0 Å². The fourth-order valence-electron chi connectivity index (χ4n) is 1.88. The Bertz CT molecular complexity index is 758. The molecule has 132 valence electrons. The van der Waals surface area contributed by atoms with Crippen molar-refractivity contribution in [2.75, 3.05) is 5.32 Å². The van der Waals surface area contributed by atoms with E-state index in [1.165, 1.54) is 18.2 Å². The first-order chi connectivity index (χ1) is 11.6. The van der Waals surface area contributed by atoms with Gasteiger partial charge in [0.1, 0.15) is 0 Å². The zero-order chi connectivity index (χ0) is 18.7. The van der Waals surface area contributed by atoms with E-state index < -0.39 is 29.4 Å². The molecular formula is C17H11F6NO. The maximum absolute atomic E-state index is 12.4. The molecule has 0 spiro atoms. The van der Waals surface area contributed by atoms with Crippen molar-refractivity contribution in [1.82, 2.24) is 0 Å². The zero-order valence-corrected chi connectivity index (χ0v) is 12.4. The van der Waals surface area contributed by atoms with Crippen LogP contribution in [0.1, 0.15) is 16.7 Å². The van der Waals surface area contributed by atoms with Gasteiger partial charge in [0.25, 0.3) is 0 Å². The number of anilines is 1. The fraction of sp³-hybridized carbons (Fsp3) is 0.118. The first-order valence-corrected chi connectivity index (χ1v) is 6.89. The normalized spacial score (nSPS) is 12.4. The van der Waals surface area contributed by atoms with Crippen LogP contribution in [0.2, 0.25) is 0 Å². The van der Waals surface area contributed by atoms with Gasteiger partial charge in [-0.3, -0.25) is 4.79 Å². The second-order valence-corrected chi connectivity index (χ2v) is 5.02. The predicted molar refractivity (Wildman–Crippen MR) is 80.6 cm³/mol. The summed E-state index contributed by atoms with van der Waals surface area (Å²) in [5.41, 5.74) is -1.12. The topological polar surface area (TPSA) is 29.1 Å². The van der Waals surface area contributed by atoms with E-state index in [1.807, 2.05) is 0 Å². The molecule has 1 amide bonds. The van der Waals surface area contributed by atoms with E-state index in [0.717, 1.165) is 42.5 Å². The van der Waals surface area contributed by atoms with Crippen molar-refractivity contribution in [2.45, 2.75) is 12.4 Å². The average molecular weight is 359 g/mol. The highest BCUT2D eigenvalue weighted by atomic mass is 19.4. The van der Waals surface area contributed by atoms with Crippen LogP contribution < -0.4 is 5.32 Å². The Morgan fingerprint density at radius 2 is 1.20 bits per heavy atom. The van der Waals surface area contributed by atoms with Gasteiger partial charge in [-0.15, -0.1) is 0 Å². The summed E-state index contributed by atoms with van der Waals surface area (Å²) in [6.45, 7) is 0. The lowest BCUT2D eigenvalue weighted by molar-refractivity contribution is -0.138. The second kappa shape index (κ2) is 7.00. The van der Waals surface area contributed by atoms with Gasteiger partial charge in [-0.25, -0.2) is 0 Å². The van der Waals surface area contributed by atoms with Gasteiger partial charge >= 0.3 is 12.4 Å². The number of rotatable bonds is 3. The van der Waals surface area contributed by atoms with Crippen LogP contribution in [0.25, 0.3) is 6.08 Å². The molecule has 0 aliphatic rings. The molecule has 0 bridgehead atoms. The predicted octanol–water partition coefficient (Wildman–Crippen LogP) is 5.38. The zero-order valence-electron chi connectivity index (χ0n) is 12.4. The third-order valence-corrected chi connectivity index (χ3v) is 3.14. The minimum Gasteiger partial charge on any atom is -0.323 e. The number of alkyl halides is 6. The van der Waals surface area contributed by atoms with Crippen molar-refractivity contribution in [3.63, 3.8) is 0 Å². The van der Waals surface area contributed by atoms with Gasteiger partial charge in [0.15, 0.2) is 0 Å². The summed E-state index contributed by atoms with van der Waals surface area (Å²) in [6, 6.07) is 8.03. The van der Waals surface area contributed by atoms with Gasteiger partial charge < -0.3 is 5.32 Å². The van der Waals surface area contributed by atoms with E-state index in [2.05, 4.69) is 5.32 Å². The van der Waals surface area contributed by atoms with Crippen molar-refractivity contribution in [1.29, 1.82) is 0 Å². The molecule has 1 N–H and O–H groups in total. The van der Waals surface area contributed by atoms with Gasteiger partial charge in [-0.05, 0) is 48.0 Å². The summed E-state index contributed by atoms with van der Waals surface area (Å²) in [6.07, 6.45) is -6.55. The van der Waals surface area contributed by atoms with E-state index in [4.69, 9.17) is 0 Å².